The number of Topliss-reactive ketones (excluding diaryl/α,β-unsaturated/α-hetero) is 1. The molecule has 2 bridgehead atoms. The molecule has 0 amide bonds. The van der Waals surface area contributed by atoms with Gasteiger partial charge in [-0.25, -0.2) is 0 Å². The number of methoxy groups -OCH3 is 1. The molecule has 2 saturated carbocycles. The Labute approximate surface area is 129 Å². The third kappa shape index (κ3) is 1.16. The summed E-state index contributed by atoms with van der Waals surface area (Å²) < 4.78 is 11.6. The van der Waals surface area contributed by atoms with Crippen molar-refractivity contribution >= 4 is 5.78 Å². The van der Waals surface area contributed by atoms with Gasteiger partial charge in [-0.15, -0.1) is 0 Å². The molecular weight excluding hydrogens is 280 g/mol. The second-order valence-corrected chi connectivity index (χ2v) is 7.28. The van der Waals surface area contributed by atoms with Gasteiger partial charge in [0, 0.05) is 12.0 Å². The number of hydrogen-bond acceptors (Lipinski definition) is 4. The van der Waals surface area contributed by atoms with E-state index in [2.05, 4.69) is 6.07 Å². The molecule has 4 atom stereocenters. The third-order valence-corrected chi connectivity index (χ3v) is 6.64. The van der Waals surface area contributed by atoms with Gasteiger partial charge >= 0.3 is 0 Å². The molecule has 116 valence electrons. The van der Waals surface area contributed by atoms with Crippen molar-refractivity contribution in [3.63, 3.8) is 0 Å². The molecular formula is C18H20O4. The van der Waals surface area contributed by atoms with Gasteiger partial charge in [-0.3, -0.25) is 4.79 Å². The molecule has 1 aliphatic heterocycles. The lowest BCUT2D eigenvalue weighted by molar-refractivity contribution is -0.177. The van der Waals surface area contributed by atoms with Crippen molar-refractivity contribution in [2.24, 2.45) is 5.92 Å². The van der Waals surface area contributed by atoms with Crippen LogP contribution in [0.5, 0.6) is 11.5 Å². The lowest BCUT2D eigenvalue weighted by atomic mass is 9.46. The highest BCUT2D eigenvalue weighted by molar-refractivity contribution is 5.89. The average molecular weight is 300 g/mol. The van der Waals surface area contributed by atoms with E-state index in [1.54, 1.807) is 7.11 Å². The van der Waals surface area contributed by atoms with Crippen LogP contribution >= 0.6 is 0 Å². The molecule has 4 aliphatic rings. The second-order valence-electron chi connectivity index (χ2n) is 7.28. The maximum Gasteiger partial charge on any atom is 0.174 e. The molecule has 1 unspecified atom stereocenters. The van der Waals surface area contributed by atoms with E-state index in [0.29, 0.717) is 24.3 Å². The predicted molar refractivity (Wildman–Crippen MR) is 79.3 cm³/mol. The highest BCUT2D eigenvalue weighted by Gasteiger charge is 2.71. The van der Waals surface area contributed by atoms with Crippen molar-refractivity contribution in [1.29, 1.82) is 0 Å². The zero-order chi connectivity index (χ0) is 15.1. The van der Waals surface area contributed by atoms with Gasteiger partial charge in [0.05, 0.1) is 18.1 Å². The van der Waals surface area contributed by atoms with Crippen LogP contribution in [0.25, 0.3) is 0 Å². The Kier molecular flexibility index (Phi) is 2.27. The summed E-state index contributed by atoms with van der Waals surface area (Å²) in [5, 5.41) is 11.6. The predicted octanol–water partition coefficient (Wildman–Crippen LogP) is 2.14. The quantitative estimate of drug-likeness (QED) is 0.863. The molecule has 1 spiro atoms. The lowest BCUT2D eigenvalue weighted by Gasteiger charge is -2.59. The van der Waals surface area contributed by atoms with Crippen LogP contribution in [0.1, 0.15) is 43.2 Å². The molecule has 0 saturated heterocycles. The van der Waals surface area contributed by atoms with Crippen LogP contribution in [-0.2, 0) is 16.6 Å². The number of rotatable bonds is 1. The maximum atomic E-state index is 12.6. The summed E-state index contributed by atoms with van der Waals surface area (Å²) in [6.07, 6.45) is 4.28. The molecule has 1 N–H and O–H groups in total. The Bertz CT molecular complexity index is 697. The van der Waals surface area contributed by atoms with Crippen LogP contribution in [0.4, 0.5) is 0 Å². The zero-order valence-corrected chi connectivity index (χ0v) is 12.7. The smallest absolute Gasteiger partial charge is 0.174 e. The zero-order valence-electron chi connectivity index (χ0n) is 12.7. The third-order valence-electron chi connectivity index (χ3n) is 6.64. The van der Waals surface area contributed by atoms with Crippen molar-refractivity contribution in [3.8, 4) is 11.5 Å². The molecule has 3 aliphatic carbocycles. The maximum absolute atomic E-state index is 12.6. The van der Waals surface area contributed by atoms with Gasteiger partial charge in [-0.2, -0.15) is 0 Å². The van der Waals surface area contributed by atoms with Crippen molar-refractivity contribution < 1.29 is 19.4 Å². The van der Waals surface area contributed by atoms with Crippen LogP contribution in [0, 0.1) is 5.92 Å². The molecule has 22 heavy (non-hydrogen) atoms. The Balaban J connectivity index is 1.87. The number of hydrogen-bond donors (Lipinski definition) is 1. The first-order valence-corrected chi connectivity index (χ1v) is 8.24. The van der Waals surface area contributed by atoms with E-state index in [1.165, 1.54) is 5.56 Å². The summed E-state index contributed by atoms with van der Waals surface area (Å²) >= 11 is 0. The Morgan fingerprint density at radius 3 is 3.05 bits per heavy atom. The van der Waals surface area contributed by atoms with E-state index in [0.717, 1.165) is 31.2 Å². The summed E-state index contributed by atoms with van der Waals surface area (Å²) in [6.45, 7) is 0. The second kappa shape index (κ2) is 3.85. The number of aliphatic hydroxyl groups is 1. The van der Waals surface area contributed by atoms with Crippen molar-refractivity contribution in [1.82, 2.24) is 0 Å². The number of ketones is 1. The molecule has 4 heteroatoms. The minimum Gasteiger partial charge on any atom is -0.493 e. The number of carbonyl (C=O) groups excluding carboxylic acids is 1. The van der Waals surface area contributed by atoms with Crippen LogP contribution < -0.4 is 9.47 Å². The summed E-state index contributed by atoms with van der Waals surface area (Å²) in [5.41, 5.74) is 0.975. The summed E-state index contributed by atoms with van der Waals surface area (Å²) in [5.74, 6) is 1.77. The van der Waals surface area contributed by atoms with Crippen molar-refractivity contribution in [2.45, 2.75) is 55.6 Å². The van der Waals surface area contributed by atoms with Crippen molar-refractivity contribution in [2.75, 3.05) is 7.11 Å². The van der Waals surface area contributed by atoms with Gasteiger partial charge in [-0.1, -0.05) is 12.5 Å². The van der Waals surface area contributed by atoms with Gasteiger partial charge in [0.25, 0.3) is 0 Å². The van der Waals surface area contributed by atoms with Crippen molar-refractivity contribution in [3.05, 3.63) is 23.3 Å². The van der Waals surface area contributed by atoms with E-state index in [4.69, 9.17) is 9.47 Å². The number of carbonyl (C=O) groups is 1. The summed E-state index contributed by atoms with van der Waals surface area (Å²) in [6, 6.07) is 4.04. The molecule has 0 aromatic heterocycles. The molecule has 1 heterocycles. The summed E-state index contributed by atoms with van der Waals surface area (Å²) in [4.78, 5) is 12.6. The highest BCUT2D eigenvalue weighted by atomic mass is 16.5. The van der Waals surface area contributed by atoms with Gasteiger partial charge in [0.15, 0.2) is 23.4 Å². The normalized spacial score (nSPS) is 40.9. The minimum atomic E-state index is -0.797. The van der Waals surface area contributed by atoms with E-state index < -0.39 is 17.1 Å². The standard InChI is InChI=1S/C18H20O4/c1-21-13-5-4-10-9-11-3-2-7-17-14(10)15(13)22-16(17)12(19)6-8-18(11,17)20/h4-5,11,16,20H,2-3,6-9H2,1H3/t11?,16-,17-,18+/m1/s1. The van der Waals surface area contributed by atoms with Crippen LogP contribution in [-0.4, -0.2) is 29.7 Å². The van der Waals surface area contributed by atoms with Gasteiger partial charge in [-0.05, 0) is 43.2 Å². The number of ether oxygens (including phenoxy) is 2. The Morgan fingerprint density at radius 2 is 2.23 bits per heavy atom. The topological polar surface area (TPSA) is 55.8 Å². The van der Waals surface area contributed by atoms with Crippen LogP contribution in [0.15, 0.2) is 12.1 Å². The first-order valence-electron chi connectivity index (χ1n) is 8.24. The van der Waals surface area contributed by atoms with Gasteiger partial charge in [0.1, 0.15) is 0 Å². The van der Waals surface area contributed by atoms with E-state index in [9.17, 15) is 9.90 Å². The first-order chi connectivity index (χ1) is 10.6. The fourth-order valence-electron chi connectivity index (χ4n) is 5.79. The molecule has 1 aromatic carbocycles. The lowest BCUT2D eigenvalue weighted by Crippen LogP contribution is -2.69. The van der Waals surface area contributed by atoms with Crippen LogP contribution in [0.2, 0.25) is 0 Å². The monoisotopic (exact) mass is 300 g/mol. The molecule has 5 rings (SSSR count). The molecule has 4 nitrogen and oxygen atoms in total. The van der Waals surface area contributed by atoms with E-state index in [1.807, 2.05) is 6.07 Å². The Hall–Kier alpha value is -1.55. The number of benzene rings is 1. The SMILES string of the molecule is COc1ccc2c3c1O[C@@H]1C(=O)CC[C@]4(O)C(CCC[C@@]314)C2. The average Bonchev–Trinajstić information content (AvgIpc) is 2.85. The van der Waals surface area contributed by atoms with Gasteiger partial charge in [0.2, 0.25) is 0 Å². The highest BCUT2D eigenvalue weighted by Crippen LogP contribution is 2.66. The largest absolute Gasteiger partial charge is 0.493 e. The van der Waals surface area contributed by atoms with Gasteiger partial charge < -0.3 is 14.6 Å². The molecule has 1 aromatic rings. The van der Waals surface area contributed by atoms with E-state index >= 15 is 0 Å². The fourth-order valence-corrected chi connectivity index (χ4v) is 5.79. The fraction of sp³-hybridized carbons (Fsp3) is 0.611. The Morgan fingerprint density at radius 1 is 1.36 bits per heavy atom. The molecule has 2 fully saturated rings. The van der Waals surface area contributed by atoms with E-state index in [-0.39, 0.29) is 11.7 Å². The van der Waals surface area contributed by atoms with Crippen LogP contribution in [0.3, 0.4) is 0 Å². The first kappa shape index (κ1) is 12.9. The summed E-state index contributed by atoms with van der Waals surface area (Å²) in [7, 11) is 1.63. The minimum absolute atomic E-state index is 0.136. The molecule has 0 radical (unpaired) electrons.